The van der Waals surface area contributed by atoms with E-state index in [-0.39, 0.29) is 0 Å². The Hall–Kier alpha value is -1.24. The quantitative estimate of drug-likeness (QED) is 0.613. The van der Waals surface area contributed by atoms with Crippen LogP contribution in [0.2, 0.25) is 0 Å². The maximum Gasteiger partial charge on any atom is 0.113 e. The summed E-state index contributed by atoms with van der Waals surface area (Å²) in [7, 11) is 0. The molecule has 1 nitrogen and oxygen atoms in total. The molecule has 0 unspecified atom stereocenters. The fraction of sp³-hybridized carbons (Fsp3) is 0.273. The van der Waals surface area contributed by atoms with Gasteiger partial charge in [0.25, 0.3) is 0 Å². The molecular weight excluding hydrogens is 148 g/mol. The molecule has 1 aliphatic heterocycles. The largest absolute Gasteiger partial charge is 0.496 e. The molecule has 0 saturated carbocycles. The maximum atomic E-state index is 5.34. The predicted octanol–water partition coefficient (Wildman–Crippen LogP) is 2.97. The lowest BCUT2D eigenvalue weighted by molar-refractivity contribution is 0.232. The zero-order chi connectivity index (χ0) is 8.39. The molecule has 0 N–H and O–H groups in total. The minimum Gasteiger partial charge on any atom is -0.496 e. The molecule has 0 spiro atoms. The second-order valence-electron chi connectivity index (χ2n) is 2.96. The standard InChI is InChI=1S/C11H12O/c1-2-9-7-12-8-10-5-3-4-6-11(9)10/h3-7H,2,8H2,1H3. The monoisotopic (exact) mass is 160 g/mol. The zero-order valence-electron chi connectivity index (χ0n) is 7.21. The smallest absolute Gasteiger partial charge is 0.113 e. The first-order valence-corrected chi connectivity index (χ1v) is 4.30. The molecule has 0 saturated heterocycles. The number of hydrogen-bond donors (Lipinski definition) is 0. The molecule has 1 aromatic carbocycles. The number of ether oxygens (including phenoxy) is 1. The van der Waals surface area contributed by atoms with Crippen LogP contribution >= 0.6 is 0 Å². The van der Waals surface area contributed by atoms with Gasteiger partial charge in [-0.3, -0.25) is 0 Å². The maximum absolute atomic E-state index is 5.34. The third-order valence-electron chi connectivity index (χ3n) is 2.21. The highest BCUT2D eigenvalue weighted by molar-refractivity contribution is 5.68. The molecular formula is C11H12O. The van der Waals surface area contributed by atoms with Crippen molar-refractivity contribution in [2.24, 2.45) is 0 Å². The molecule has 1 aliphatic rings. The number of benzene rings is 1. The second kappa shape index (κ2) is 3.02. The minimum atomic E-state index is 0.722. The minimum absolute atomic E-state index is 0.722. The van der Waals surface area contributed by atoms with Crippen molar-refractivity contribution in [2.45, 2.75) is 20.0 Å². The van der Waals surface area contributed by atoms with Gasteiger partial charge in [-0.05, 0) is 23.1 Å². The number of rotatable bonds is 1. The van der Waals surface area contributed by atoms with E-state index in [0.29, 0.717) is 0 Å². The van der Waals surface area contributed by atoms with E-state index in [1.54, 1.807) is 0 Å². The van der Waals surface area contributed by atoms with Crippen molar-refractivity contribution < 1.29 is 4.74 Å². The Bertz CT molecular complexity index is 313. The molecule has 1 heterocycles. The summed E-state index contributed by atoms with van der Waals surface area (Å²) in [5.41, 5.74) is 3.96. The lowest BCUT2D eigenvalue weighted by atomic mass is 9.98. The lowest BCUT2D eigenvalue weighted by Crippen LogP contribution is -2.00. The van der Waals surface area contributed by atoms with Crippen LogP contribution in [0.15, 0.2) is 30.5 Å². The molecule has 12 heavy (non-hydrogen) atoms. The van der Waals surface area contributed by atoms with Gasteiger partial charge in [-0.15, -0.1) is 0 Å². The van der Waals surface area contributed by atoms with E-state index in [1.165, 1.54) is 16.7 Å². The Morgan fingerprint density at radius 1 is 1.33 bits per heavy atom. The van der Waals surface area contributed by atoms with Gasteiger partial charge in [0.1, 0.15) is 6.61 Å². The van der Waals surface area contributed by atoms with Crippen LogP contribution in [0, 0.1) is 0 Å². The normalized spacial score (nSPS) is 14.6. The van der Waals surface area contributed by atoms with Gasteiger partial charge >= 0.3 is 0 Å². The molecule has 0 aliphatic carbocycles. The van der Waals surface area contributed by atoms with Crippen LogP contribution < -0.4 is 0 Å². The average molecular weight is 160 g/mol. The van der Waals surface area contributed by atoms with Gasteiger partial charge in [0.15, 0.2) is 0 Å². The van der Waals surface area contributed by atoms with Gasteiger partial charge < -0.3 is 4.74 Å². The Labute approximate surface area is 72.7 Å². The summed E-state index contributed by atoms with van der Waals surface area (Å²) in [5.74, 6) is 0. The first-order chi connectivity index (χ1) is 5.92. The van der Waals surface area contributed by atoms with Crippen LogP contribution in [0.1, 0.15) is 24.5 Å². The lowest BCUT2D eigenvalue weighted by Gasteiger charge is -2.16. The average Bonchev–Trinajstić information content (AvgIpc) is 2.17. The fourth-order valence-electron chi connectivity index (χ4n) is 1.53. The van der Waals surface area contributed by atoms with Gasteiger partial charge in [-0.25, -0.2) is 0 Å². The number of hydrogen-bond acceptors (Lipinski definition) is 1. The fourth-order valence-corrected chi connectivity index (χ4v) is 1.53. The van der Waals surface area contributed by atoms with Gasteiger partial charge in [0, 0.05) is 0 Å². The van der Waals surface area contributed by atoms with Crippen LogP contribution in [0.3, 0.4) is 0 Å². The van der Waals surface area contributed by atoms with E-state index in [9.17, 15) is 0 Å². The first kappa shape index (κ1) is 7.41. The Kier molecular flexibility index (Phi) is 1.86. The zero-order valence-corrected chi connectivity index (χ0v) is 7.21. The molecule has 0 amide bonds. The molecule has 0 aromatic heterocycles. The van der Waals surface area contributed by atoms with Crippen molar-refractivity contribution in [2.75, 3.05) is 0 Å². The topological polar surface area (TPSA) is 9.23 Å². The highest BCUT2D eigenvalue weighted by atomic mass is 16.5. The summed E-state index contributed by atoms with van der Waals surface area (Å²) in [5, 5.41) is 0. The van der Waals surface area contributed by atoms with Crippen LogP contribution in [-0.2, 0) is 11.3 Å². The third-order valence-corrected chi connectivity index (χ3v) is 2.21. The molecule has 0 bridgehead atoms. The van der Waals surface area contributed by atoms with Gasteiger partial charge in [0.05, 0.1) is 6.26 Å². The number of allylic oxidation sites excluding steroid dienone is 1. The molecule has 1 aromatic rings. The van der Waals surface area contributed by atoms with E-state index in [2.05, 4.69) is 31.2 Å². The molecule has 2 rings (SSSR count). The van der Waals surface area contributed by atoms with Gasteiger partial charge in [-0.1, -0.05) is 31.2 Å². The summed E-state index contributed by atoms with van der Waals surface area (Å²) in [4.78, 5) is 0. The molecule has 0 radical (unpaired) electrons. The van der Waals surface area contributed by atoms with Crippen LogP contribution in [0.25, 0.3) is 5.57 Å². The van der Waals surface area contributed by atoms with Crippen LogP contribution in [-0.4, -0.2) is 0 Å². The second-order valence-corrected chi connectivity index (χ2v) is 2.96. The van der Waals surface area contributed by atoms with Crippen LogP contribution in [0.5, 0.6) is 0 Å². The molecule has 0 fully saturated rings. The summed E-state index contributed by atoms with van der Waals surface area (Å²) < 4.78 is 5.34. The van der Waals surface area contributed by atoms with Crippen molar-refractivity contribution >= 4 is 5.57 Å². The highest BCUT2D eigenvalue weighted by Gasteiger charge is 2.09. The van der Waals surface area contributed by atoms with E-state index in [1.807, 2.05) is 6.26 Å². The van der Waals surface area contributed by atoms with Gasteiger partial charge in [-0.2, -0.15) is 0 Å². The highest BCUT2D eigenvalue weighted by Crippen LogP contribution is 2.26. The first-order valence-electron chi connectivity index (χ1n) is 4.30. The Morgan fingerprint density at radius 2 is 2.17 bits per heavy atom. The van der Waals surface area contributed by atoms with Crippen molar-refractivity contribution in [3.63, 3.8) is 0 Å². The summed E-state index contributed by atoms with van der Waals surface area (Å²) in [6.07, 6.45) is 2.92. The third kappa shape index (κ3) is 1.11. The van der Waals surface area contributed by atoms with E-state index in [4.69, 9.17) is 4.74 Å². The van der Waals surface area contributed by atoms with Crippen molar-refractivity contribution in [1.29, 1.82) is 0 Å². The molecule has 62 valence electrons. The van der Waals surface area contributed by atoms with Crippen molar-refractivity contribution in [3.05, 3.63) is 41.7 Å². The summed E-state index contributed by atoms with van der Waals surface area (Å²) in [6, 6.07) is 8.42. The summed E-state index contributed by atoms with van der Waals surface area (Å²) in [6.45, 7) is 2.87. The van der Waals surface area contributed by atoms with E-state index < -0.39 is 0 Å². The van der Waals surface area contributed by atoms with Crippen LogP contribution in [0.4, 0.5) is 0 Å². The molecule has 1 heteroatoms. The molecule has 0 atom stereocenters. The number of fused-ring (bicyclic) bond motifs is 1. The Balaban J connectivity index is 2.48. The van der Waals surface area contributed by atoms with Crippen molar-refractivity contribution in [1.82, 2.24) is 0 Å². The Morgan fingerprint density at radius 3 is 3.00 bits per heavy atom. The summed E-state index contributed by atoms with van der Waals surface area (Å²) >= 11 is 0. The van der Waals surface area contributed by atoms with Gasteiger partial charge in [0.2, 0.25) is 0 Å². The SMILES string of the molecule is CCC1=COCc2ccccc21. The van der Waals surface area contributed by atoms with Crippen molar-refractivity contribution in [3.8, 4) is 0 Å². The predicted molar refractivity (Wildman–Crippen MR) is 49.5 cm³/mol. The van der Waals surface area contributed by atoms with E-state index >= 15 is 0 Å². The van der Waals surface area contributed by atoms with E-state index in [0.717, 1.165) is 13.0 Å².